The van der Waals surface area contributed by atoms with E-state index in [1.165, 1.54) is 4.90 Å². The molecule has 0 saturated carbocycles. The molecule has 0 bridgehead atoms. The molecule has 1 saturated heterocycles. The minimum Gasteiger partial charge on any atom is -0.480 e. The molecule has 1 fully saturated rings. The van der Waals surface area contributed by atoms with Crippen molar-refractivity contribution in [3.8, 4) is 12.3 Å². The lowest BCUT2D eigenvalue weighted by atomic mass is 10.2. The van der Waals surface area contributed by atoms with Gasteiger partial charge in [0.25, 0.3) is 0 Å². The molecule has 0 aromatic carbocycles. The van der Waals surface area contributed by atoms with Gasteiger partial charge in [-0.25, -0.2) is 4.79 Å². The molecule has 1 heterocycles. The Morgan fingerprint density at radius 2 is 2.38 bits per heavy atom. The van der Waals surface area contributed by atoms with Gasteiger partial charge in [0.15, 0.2) is 0 Å². The number of aliphatic carboxylic acids is 1. The maximum Gasteiger partial charge on any atom is 0.327 e. The first-order valence-corrected chi connectivity index (χ1v) is 6.06. The first kappa shape index (κ1) is 12.9. The van der Waals surface area contributed by atoms with Gasteiger partial charge in [-0.05, 0) is 0 Å². The van der Waals surface area contributed by atoms with Gasteiger partial charge in [0.05, 0.1) is 13.1 Å². The van der Waals surface area contributed by atoms with E-state index in [0.29, 0.717) is 18.8 Å². The second-order valence-corrected chi connectivity index (χ2v) is 4.47. The molecule has 1 atom stereocenters. The smallest absolute Gasteiger partial charge is 0.327 e. The van der Waals surface area contributed by atoms with Crippen LogP contribution in [0.1, 0.15) is 0 Å². The summed E-state index contributed by atoms with van der Waals surface area (Å²) in [5.41, 5.74) is 0. The highest BCUT2D eigenvalue weighted by Gasteiger charge is 2.31. The molecular weight excluding hydrogens is 228 g/mol. The summed E-state index contributed by atoms with van der Waals surface area (Å²) < 4.78 is 0. The highest BCUT2D eigenvalue weighted by Crippen LogP contribution is 2.16. The van der Waals surface area contributed by atoms with Gasteiger partial charge < -0.3 is 10.0 Å². The third kappa shape index (κ3) is 3.43. The number of nitrogens with one attached hydrogen (secondary N) is 1. The second-order valence-electron chi connectivity index (χ2n) is 3.32. The van der Waals surface area contributed by atoms with Gasteiger partial charge in [0.2, 0.25) is 5.91 Å². The second kappa shape index (κ2) is 6.40. The minimum atomic E-state index is -0.947. The fraction of sp³-hybridized carbons (Fsp3) is 0.600. The Morgan fingerprint density at radius 1 is 1.62 bits per heavy atom. The van der Waals surface area contributed by atoms with Gasteiger partial charge in [0.1, 0.15) is 6.04 Å². The van der Waals surface area contributed by atoms with Crippen LogP contribution in [0.3, 0.4) is 0 Å². The lowest BCUT2D eigenvalue weighted by molar-refractivity contribution is -0.148. The lowest BCUT2D eigenvalue weighted by Gasteiger charge is -2.32. The summed E-state index contributed by atoms with van der Waals surface area (Å²) in [7, 11) is 0. The van der Waals surface area contributed by atoms with E-state index in [9.17, 15) is 9.59 Å². The summed E-state index contributed by atoms with van der Waals surface area (Å²) in [6.45, 7) is 0.892. The fourth-order valence-electron chi connectivity index (χ4n) is 1.45. The van der Waals surface area contributed by atoms with Crippen LogP contribution in [-0.2, 0) is 9.59 Å². The molecule has 1 rings (SSSR count). The van der Waals surface area contributed by atoms with Crippen LogP contribution < -0.4 is 5.32 Å². The molecule has 1 unspecified atom stereocenters. The van der Waals surface area contributed by atoms with Gasteiger partial charge in [-0.15, -0.1) is 6.42 Å². The summed E-state index contributed by atoms with van der Waals surface area (Å²) >= 11 is 1.55. The number of carboxylic acid groups (broad SMARTS) is 1. The minimum absolute atomic E-state index is 0.0959. The molecule has 0 aromatic heterocycles. The van der Waals surface area contributed by atoms with E-state index < -0.39 is 12.0 Å². The van der Waals surface area contributed by atoms with Gasteiger partial charge in [-0.3, -0.25) is 10.1 Å². The summed E-state index contributed by atoms with van der Waals surface area (Å²) in [4.78, 5) is 24.1. The van der Waals surface area contributed by atoms with Crippen LogP contribution in [-0.4, -0.2) is 59.1 Å². The summed E-state index contributed by atoms with van der Waals surface area (Å²) in [5, 5.41) is 11.7. The zero-order valence-corrected chi connectivity index (χ0v) is 9.63. The predicted octanol–water partition coefficient (Wildman–Crippen LogP) is -0.762. The molecule has 1 aliphatic heterocycles. The number of hydrogen-bond donors (Lipinski definition) is 2. The SMILES string of the molecule is C#CCNCC(=O)N1CCSCC1C(=O)O. The molecular formula is C10H14N2O3S. The third-order valence-electron chi connectivity index (χ3n) is 2.24. The van der Waals surface area contributed by atoms with E-state index in [1.54, 1.807) is 11.8 Å². The van der Waals surface area contributed by atoms with Gasteiger partial charge in [0, 0.05) is 18.1 Å². The predicted molar refractivity (Wildman–Crippen MR) is 62.2 cm³/mol. The van der Waals surface area contributed by atoms with Crippen molar-refractivity contribution < 1.29 is 14.7 Å². The zero-order chi connectivity index (χ0) is 12.0. The van der Waals surface area contributed by atoms with Crippen LogP contribution in [0.5, 0.6) is 0 Å². The third-order valence-corrected chi connectivity index (χ3v) is 3.26. The molecule has 88 valence electrons. The van der Waals surface area contributed by atoms with E-state index in [2.05, 4.69) is 11.2 Å². The average molecular weight is 242 g/mol. The van der Waals surface area contributed by atoms with Crippen LogP contribution in [0.15, 0.2) is 0 Å². The molecule has 0 aromatic rings. The number of carboxylic acids is 1. The quantitative estimate of drug-likeness (QED) is 0.501. The van der Waals surface area contributed by atoms with Crippen LogP contribution in [0.25, 0.3) is 0 Å². The molecule has 0 radical (unpaired) electrons. The largest absolute Gasteiger partial charge is 0.480 e. The maximum absolute atomic E-state index is 11.7. The average Bonchev–Trinajstić information content (AvgIpc) is 2.29. The topological polar surface area (TPSA) is 69.6 Å². The number of hydrogen-bond acceptors (Lipinski definition) is 4. The first-order chi connectivity index (χ1) is 7.66. The number of terminal acetylenes is 1. The van der Waals surface area contributed by atoms with Crippen LogP contribution in [0.4, 0.5) is 0 Å². The molecule has 0 spiro atoms. The monoisotopic (exact) mass is 242 g/mol. The van der Waals surface area contributed by atoms with Crippen LogP contribution >= 0.6 is 11.8 Å². The summed E-state index contributed by atoms with van der Waals surface area (Å²) in [6.07, 6.45) is 5.03. The molecule has 1 amide bonds. The Labute approximate surface area is 98.6 Å². The normalized spacial score (nSPS) is 20.2. The van der Waals surface area contributed by atoms with E-state index in [-0.39, 0.29) is 12.5 Å². The Balaban J connectivity index is 2.51. The standard InChI is InChI=1S/C10H14N2O3S/c1-2-3-11-6-9(13)12-4-5-16-7-8(12)10(14)15/h1,8,11H,3-7H2,(H,14,15). The number of nitrogens with zero attached hydrogens (tertiary/aromatic N) is 1. The van der Waals surface area contributed by atoms with Crippen molar-refractivity contribution in [2.75, 3.05) is 31.1 Å². The fourth-order valence-corrected chi connectivity index (χ4v) is 2.49. The molecule has 16 heavy (non-hydrogen) atoms. The Hall–Kier alpha value is -1.19. The summed E-state index contributed by atoms with van der Waals surface area (Å²) in [5.74, 6) is 2.44. The Morgan fingerprint density at radius 3 is 3.00 bits per heavy atom. The van der Waals surface area contributed by atoms with Crippen molar-refractivity contribution in [2.24, 2.45) is 0 Å². The molecule has 6 heteroatoms. The Bertz CT molecular complexity index is 314. The van der Waals surface area contributed by atoms with E-state index in [0.717, 1.165) is 5.75 Å². The van der Waals surface area contributed by atoms with E-state index in [1.807, 2.05) is 0 Å². The molecule has 2 N–H and O–H groups in total. The zero-order valence-electron chi connectivity index (χ0n) is 8.81. The number of carbonyl (C=O) groups excluding carboxylic acids is 1. The van der Waals surface area contributed by atoms with Crippen molar-refractivity contribution in [3.05, 3.63) is 0 Å². The Kier molecular flexibility index (Phi) is 5.15. The van der Waals surface area contributed by atoms with Gasteiger partial charge in [-0.1, -0.05) is 5.92 Å². The number of thioether (sulfide) groups is 1. The van der Waals surface area contributed by atoms with Crippen LogP contribution in [0.2, 0.25) is 0 Å². The first-order valence-electron chi connectivity index (χ1n) is 4.91. The van der Waals surface area contributed by atoms with E-state index in [4.69, 9.17) is 11.5 Å². The van der Waals surface area contributed by atoms with Crippen molar-refractivity contribution in [1.82, 2.24) is 10.2 Å². The maximum atomic E-state index is 11.7. The molecule has 0 aliphatic carbocycles. The molecule has 1 aliphatic rings. The van der Waals surface area contributed by atoms with E-state index >= 15 is 0 Å². The van der Waals surface area contributed by atoms with Crippen LogP contribution in [0, 0.1) is 12.3 Å². The highest BCUT2D eigenvalue weighted by atomic mass is 32.2. The van der Waals surface area contributed by atoms with Gasteiger partial charge >= 0.3 is 5.97 Å². The summed E-state index contributed by atoms with van der Waals surface area (Å²) in [6, 6.07) is -0.709. The van der Waals surface area contributed by atoms with Gasteiger partial charge in [-0.2, -0.15) is 11.8 Å². The number of carbonyl (C=O) groups is 2. The van der Waals surface area contributed by atoms with Crippen molar-refractivity contribution in [3.63, 3.8) is 0 Å². The highest BCUT2D eigenvalue weighted by molar-refractivity contribution is 7.99. The number of amides is 1. The molecule has 5 nitrogen and oxygen atoms in total. The number of rotatable bonds is 4. The van der Waals surface area contributed by atoms with Crippen molar-refractivity contribution in [1.29, 1.82) is 0 Å². The van der Waals surface area contributed by atoms with Crippen molar-refractivity contribution in [2.45, 2.75) is 6.04 Å². The lowest BCUT2D eigenvalue weighted by Crippen LogP contribution is -2.52. The van der Waals surface area contributed by atoms with Crippen molar-refractivity contribution >= 4 is 23.6 Å².